The Morgan fingerprint density at radius 1 is 1.07 bits per heavy atom. The molecule has 2 aromatic rings. The molecule has 138 valence electrons. The highest BCUT2D eigenvalue weighted by Gasteiger charge is 2.32. The van der Waals surface area contributed by atoms with Crippen molar-refractivity contribution in [2.24, 2.45) is 0 Å². The summed E-state index contributed by atoms with van der Waals surface area (Å²) in [6.45, 7) is 0.742. The third-order valence-corrected chi connectivity index (χ3v) is 4.83. The first-order valence-electron chi connectivity index (χ1n) is 8.78. The minimum atomic E-state index is -0.786. The number of nitrogens with one attached hydrogen (secondary N) is 2. The lowest BCUT2D eigenvalue weighted by atomic mass is 9.99. The first kappa shape index (κ1) is 17.1. The molecule has 2 aliphatic rings. The minimum absolute atomic E-state index is 0.0864. The van der Waals surface area contributed by atoms with Crippen LogP contribution in [0.1, 0.15) is 17.5 Å². The van der Waals surface area contributed by atoms with E-state index in [1.54, 1.807) is 30.3 Å². The van der Waals surface area contributed by atoms with Crippen LogP contribution in [0.15, 0.2) is 36.4 Å². The van der Waals surface area contributed by atoms with Crippen molar-refractivity contribution in [2.75, 3.05) is 29.2 Å². The summed E-state index contributed by atoms with van der Waals surface area (Å²) < 4.78 is 5.17. The number of carbonyl (C=O) groups excluding carboxylic acids is 3. The van der Waals surface area contributed by atoms with Crippen molar-refractivity contribution in [3.05, 3.63) is 47.5 Å². The SMILES string of the molecule is COc1ccccc1NC(=O)C(=O)Nc1cc2c3c(c1)CC(=O)N3CCC2. The van der Waals surface area contributed by atoms with Crippen molar-refractivity contribution in [3.8, 4) is 5.75 Å². The molecule has 0 saturated heterocycles. The number of anilines is 3. The molecule has 7 heteroatoms. The number of nitrogens with zero attached hydrogens (tertiary/aromatic N) is 1. The van der Waals surface area contributed by atoms with Gasteiger partial charge in [-0.3, -0.25) is 14.4 Å². The Balaban J connectivity index is 1.51. The average molecular weight is 365 g/mol. The standard InChI is InChI=1S/C20H19N3O4/c1-27-16-7-3-2-6-15(16)22-20(26)19(25)21-14-9-12-5-4-8-23-17(24)11-13(10-14)18(12)23/h2-3,6-7,9-10H,4-5,8,11H2,1H3,(H,21,25)(H,22,26). The lowest BCUT2D eigenvalue weighted by Crippen LogP contribution is -2.31. The number of carbonyl (C=O) groups is 3. The van der Waals surface area contributed by atoms with Crippen molar-refractivity contribution >= 4 is 34.8 Å². The normalized spacial score (nSPS) is 14.6. The third kappa shape index (κ3) is 3.12. The second kappa shape index (κ2) is 6.75. The van der Waals surface area contributed by atoms with Crippen molar-refractivity contribution in [1.82, 2.24) is 0 Å². The molecule has 4 rings (SSSR count). The Morgan fingerprint density at radius 2 is 1.81 bits per heavy atom. The Bertz CT molecular complexity index is 954. The van der Waals surface area contributed by atoms with Gasteiger partial charge < -0.3 is 20.3 Å². The Morgan fingerprint density at radius 3 is 2.63 bits per heavy atom. The van der Waals surface area contributed by atoms with Crippen molar-refractivity contribution < 1.29 is 19.1 Å². The van der Waals surface area contributed by atoms with Gasteiger partial charge in [-0.15, -0.1) is 0 Å². The van der Waals surface area contributed by atoms with Crippen LogP contribution in [0.3, 0.4) is 0 Å². The van der Waals surface area contributed by atoms with Gasteiger partial charge in [0.05, 0.1) is 24.9 Å². The van der Waals surface area contributed by atoms with E-state index in [4.69, 9.17) is 4.74 Å². The monoisotopic (exact) mass is 365 g/mol. The van der Waals surface area contributed by atoms with E-state index in [-0.39, 0.29) is 5.91 Å². The summed E-state index contributed by atoms with van der Waals surface area (Å²) in [5.74, 6) is -1.00. The maximum absolute atomic E-state index is 12.3. The molecule has 0 aliphatic carbocycles. The summed E-state index contributed by atoms with van der Waals surface area (Å²) in [4.78, 5) is 38.5. The predicted molar refractivity (Wildman–Crippen MR) is 101 cm³/mol. The zero-order chi connectivity index (χ0) is 19.0. The van der Waals surface area contributed by atoms with Crippen LogP contribution < -0.4 is 20.3 Å². The number of aryl methyl sites for hydroxylation is 1. The summed E-state index contributed by atoms with van der Waals surface area (Å²) in [7, 11) is 1.49. The largest absolute Gasteiger partial charge is 0.495 e. The van der Waals surface area contributed by atoms with Gasteiger partial charge in [0.25, 0.3) is 0 Å². The molecule has 2 aliphatic heterocycles. The highest BCUT2D eigenvalue weighted by atomic mass is 16.5. The number of rotatable bonds is 3. The van der Waals surface area contributed by atoms with Crippen molar-refractivity contribution in [1.29, 1.82) is 0 Å². The van der Waals surface area contributed by atoms with Gasteiger partial charge in [-0.25, -0.2) is 0 Å². The molecule has 0 radical (unpaired) electrons. The van der Waals surface area contributed by atoms with Crippen molar-refractivity contribution in [2.45, 2.75) is 19.3 Å². The molecule has 0 saturated carbocycles. The molecule has 0 unspecified atom stereocenters. The number of hydrogen-bond acceptors (Lipinski definition) is 4. The van der Waals surface area contributed by atoms with E-state index in [0.717, 1.165) is 36.2 Å². The minimum Gasteiger partial charge on any atom is -0.495 e. The highest BCUT2D eigenvalue weighted by molar-refractivity contribution is 6.43. The lowest BCUT2D eigenvalue weighted by Gasteiger charge is -2.26. The molecule has 0 aromatic heterocycles. The molecule has 0 spiro atoms. The molecule has 3 amide bonds. The Labute approximate surface area is 156 Å². The summed E-state index contributed by atoms with van der Waals surface area (Å²) >= 11 is 0. The van der Waals surface area contributed by atoms with Crippen LogP contribution in [0, 0.1) is 0 Å². The third-order valence-electron chi connectivity index (χ3n) is 4.83. The molecular formula is C20H19N3O4. The van der Waals surface area contributed by atoms with Crippen molar-refractivity contribution in [3.63, 3.8) is 0 Å². The maximum atomic E-state index is 12.3. The van der Waals surface area contributed by atoms with Crippen LogP contribution in [0.2, 0.25) is 0 Å². The molecule has 27 heavy (non-hydrogen) atoms. The highest BCUT2D eigenvalue weighted by Crippen LogP contribution is 2.38. The second-order valence-electron chi connectivity index (χ2n) is 6.58. The molecule has 0 bridgehead atoms. The van der Waals surface area contributed by atoms with Gasteiger partial charge >= 0.3 is 11.8 Å². The summed E-state index contributed by atoms with van der Waals surface area (Å²) in [5.41, 5.74) is 3.86. The van der Waals surface area contributed by atoms with E-state index < -0.39 is 11.8 Å². The number of ether oxygens (including phenoxy) is 1. The zero-order valence-electron chi connectivity index (χ0n) is 14.9. The van der Waals surface area contributed by atoms with Gasteiger partial charge in [-0.2, -0.15) is 0 Å². The zero-order valence-corrected chi connectivity index (χ0v) is 14.9. The van der Waals surface area contributed by atoms with E-state index in [1.165, 1.54) is 7.11 Å². The van der Waals surface area contributed by atoms with Crippen LogP contribution in [0.25, 0.3) is 0 Å². The van der Waals surface area contributed by atoms with Gasteiger partial charge in [0.15, 0.2) is 0 Å². The predicted octanol–water partition coefficient (Wildman–Crippen LogP) is 2.11. The fraction of sp³-hybridized carbons (Fsp3) is 0.250. The Hall–Kier alpha value is -3.35. The fourth-order valence-electron chi connectivity index (χ4n) is 3.67. The van der Waals surface area contributed by atoms with Crippen LogP contribution in [0.4, 0.5) is 17.1 Å². The van der Waals surface area contributed by atoms with Gasteiger partial charge in [-0.05, 0) is 48.2 Å². The maximum Gasteiger partial charge on any atom is 0.314 e. The molecule has 2 heterocycles. The topological polar surface area (TPSA) is 87.7 Å². The molecule has 0 fully saturated rings. The van der Waals surface area contributed by atoms with Crippen LogP contribution >= 0.6 is 0 Å². The first-order chi connectivity index (χ1) is 13.1. The average Bonchev–Trinajstić information content (AvgIpc) is 2.99. The van der Waals surface area contributed by atoms with Gasteiger partial charge in [-0.1, -0.05) is 12.1 Å². The van der Waals surface area contributed by atoms with E-state index in [0.29, 0.717) is 23.5 Å². The lowest BCUT2D eigenvalue weighted by molar-refractivity contribution is -0.133. The van der Waals surface area contributed by atoms with Crippen LogP contribution in [0.5, 0.6) is 5.75 Å². The fourth-order valence-corrected chi connectivity index (χ4v) is 3.67. The van der Waals surface area contributed by atoms with Crippen LogP contribution in [-0.2, 0) is 27.2 Å². The van der Waals surface area contributed by atoms with E-state index >= 15 is 0 Å². The molecule has 2 N–H and O–H groups in total. The van der Waals surface area contributed by atoms with Gasteiger partial charge in [0.2, 0.25) is 5.91 Å². The molecule has 7 nitrogen and oxygen atoms in total. The summed E-state index contributed by atoms with van der Waals surface area (Å²) in [6, 6.07) is 10.5. The first-order valence-corrected chi connectivity index (χ1v) is 8.78. The quantitative estimate of drug-likeness (QED) is 0.816. The van der Waals surface area contributed by atoms with E-state index in [9.17, 15) is 14.4 Å². The Kier molecular flexibility index (Phi) is 4.27. The van der Waals surface area contributed by atoms with Gasteiger partial charge in [0, 0.05) is 12.2 Å². The molecular weight excluding hydrogens is 346 g/mol. The summed E-state index contributed by atoms with van der Waals surface area (Å²) in [5, 5.41) is 5.19. The number of hydrogen-bond donors (Lipinski definition) is 2. The van der Waals surface area contributed by atoms with Crippen LogP contribution in [-0.4, -0.2) is 31.4 Å². The second-order valence-corrected chi connectivity index (χ2v) is 6.58. The number of amides is 3. The number of para-hydroxylation sites is 2. The van der Waals surface area contributed by atoms with E-state index in [2.05, 4.69) is 10.6 Å². The number of benzene rings is 2. The van der Waals surface area contributed by atoms with Gasteiger partial charge in [0.1, 0.15) is 5.75 Å². The molecule has 2 aromatic carbocycles. The molecule has 0 atom stereocenters. The van der Waals surface area contributed by atoms with E-state index in [1.807, 2.05) is 11.0 Å². The number of methoxy groups -OCH3 is 1. The summed E-state index contributed by atoms with van der Waals surface area (Å²) in [6.07, 6.45) is 2.08. The smallest absolute Gasteiger partial charge is 0.314 e.